The number of unbranched alkanes of at least 4 members (excludes halogenated alkanes) is 37. The van der Waals surface area contributed by atoms with Gasteiger partial charge in [0.1, 0.15) is 19.3 Å². The first-order valence-corrected chi connectivity index (χ1v) is 43.8. The zero-order valence-corrected chi connectivity index (χ0v) is 66.6. The highest BCUT2D eigenvalue weighted by molar-refractivity contribution is 7.47. The van der Waals surface area contributed by atoms with Crippen molar-refractivity contribution < 1.29 is 80.2 Å². The zero-order valence-electron chi connectivity index (χ0n) is 64.8. The molecule has 592 valence electrons. The van der Waals surface area contributed by atoms with E-state index in [1.165, 1.54) is 122 Å². The summed E-state index contributed by atoms with van der Waals surface area (Å²) in [5.41, 5.74) is 0. The fourth-order valence-corrected chi connectivity index (χ4v) is 12.7. The van der Waals surface area contributed by atoms with Crippen molar-refractivity contribution in [2.75, 3.05) is 39.6 Å². The van der Waals surface area contributed by atoms with Gasteiger partial charge in [-0.3, -0.25) is 37.3 Å². The first-order chi connectivity index (χ1) is 49.7. The summed E-state index contributed by atoms with van der Waals surface area (Å²) in [5, 5.41) is 10.6. The maximum absolute atomic E-state index is 13.1. The number of carbonyl (C=O) groups excluding carboxylic acids is 4. The molecule has 0 aliphatic rings. The van der Waals surface area contributed by atoms with E-state index in [-0.39, 0.29) is 25.7 Å². The molecule has 0 aromatic carbocycles. The smallest absolute Gasteiger partial charge is 0.462 e. The zero-order chi connectivity index (χ0) is 74.6. The summed E-state index contributed by atoms with van der Waals surface area (Å²) in [6.45, 7) is 4.74. The molecule has 17 nitrogen and oxygen atoms in total. The molecular weight excluding hydrogens is 1330 g/mol. The maximum Gasteiger partial charge on any atom is 0.472 e. The van der Waals surface area contributed by atoms with E-state index in [1.807, 2.05) is 0 Å². The van der Waals surface area contributed by atoms with Gasteiger partial charge in [0.05, 0.1) is 26.4 Å². The van der Waals surface area contributed by atoms with Crippen molar-refractivity contribution >= 4 is 39.5 Å². The van der Waals surface area contributed by atoms with Crippen LogP contribution in [0.1, 0.15) is 362 Å². The Morgan fingerprint density at radius 3 is 0.814 bits per heavy atom. The number of hydrogen-bond donors (Lipinski definition) is 3. The van der Waals surface area contributed by atoms with E-state index in [2.05, 4.69) is 113 Å². The normalized spacial score (nSPS) is 14.3. The van der Waals surface area contributed by atoms with Crippen LogP contribution in [0.3, 0.4) is 0 Å². The van der Waals surface area contributed by atoms with Gasteiger partial charge in [-0.05, 0) is 122 Å². The van der Waals surface area contributed by atoms with E-state index in [9.17, 15) is 43.2 Å². The Balaban J connectivity index is 5.37. The molecule has 0 aromatic heterocycles. The van der Waals surface area contributed by atoms with Gasteiger partial charge < -0.3 is 33.8 Å². The Kier molecular flexibility index (Phi) is 72.7. The van der Waals surface area contributed by atoms with Crippen LogP contribution in [0.15, 0.2) is 85.1 Å². The number of phosphoric acid groups is 2. The number of ether oxygens (including phenoxy) is 4. The second-order valence-electron chi connectivity index (χ2n) is 27.3. The van der Waals surface area contributed by atoms with Crippen LogP contribution in [0, 0.1) is 0 Å². The second-order valence-corrected chi connectivity index (χ2v) is 30.2. The summed E-state index contributed by atoms with van der Waals surface area (Å²) in [5.74, 6) is -2.20. The lowest BCUT2D eigenvalue weighted by Gasteiger charge is -2.21. The quantitative estimate of drug-likeness (QED) is 0.0169. The molecule has 0 saturated heterocycles. The largest absolute Gasteiger partial charge is 0.472 e. The van der Waals surface area contributed by atoms with E-state index < -0.39 is 97.5 Å². The van der Waals surface area contributed by atoms with Gasteiger partial charge in [-0.2, -0.15) is 0 Å². The Morgan fingerprint density at radius 2 is 0.510 bits per heavy atom. The number of phosphoric ester groups is 2. The summed E-state index contributed by atoms with van der Waals surface area (Å²) in [6, 6.07) is 0. The van der Waals surface area contributed by atoms with Crippen molar-refractivity contribution in [3.8, 4) is 0 Å². The molecule has 3 N–H and O–H groups in total. The average Bonchev–Trinajstić information content (AvgIpc) is 0.923. The minimum Gasteiger partial charge on any atom is -0.462 e. The summed E-state index contributed by atoms with van der Waals surface area (Å²) in [6.07, 6.45) is 78.3. The van der Waals surface area contributed by atoms with Gasteiger partial charge in [-0.1, -0.05) is 299 Å². The molecule has 0 saturated carbocycles. The van der Waals surface area contributed by atoms with E-state index in [0.717, 1.165) is 161 Å². The molecule has 0 rings (SSSR count). The lowest BCUT2D eigenvalue weighted by atomic mass is 10.0. The molecule has 5 atom stereocenters. The Labute approximate surface area is 621 Å². The summed E-state index contributed by atoms with van der Waals surface area (Å²) >= 11 is 0. The van der Waals surface area contributed by atoms with Gasteiger partial charge in [0, 0.05) is 25.7 Å². The first kappa shape index (κ1) is 98.2. The molecule has 0 aliphatic carbocycles. The second kappa shape index (κ2) is 75.5. The number of rotatable bonds is 77. The van der Waals surface area contributed by atoms with E-state index >= 15 is 0 Å². The fourth-order valence-electron chi connectivity index (χ4n) is 11.1. The van der Waals surface area contributed by atoms with Crippen LogP contribution in [-0.2, 0) is 65.4 Å². The van der Waals surface area contributed by atoms with Crippen molar-refractivity contribution in [3.05, 3.63) is 85.1 Å². The van der Waals surface area contributed by atoms with Gasteiger partial charge >= 0.3 is 39.5 Å². The van der Waals surface area contributed by atoms with Gasteiger partial charge in [-0.25, -0.2) is 9.13 Å². The van der Waals surface area contributed by atoms with Crippen LogP contribution in [0.4, 0.5) is 0 Å². The standard InChI is InChI=1S/C83H148O17P2/c1-5-9-13-17-21-25-29-33-37-38-42-44-48-52-56-60-64-68-81(86)94-74-79(100-83(88)70-66-62-58-54-50-46-41-36-32-28-24-20-16-12-8-4)76-98-102(91,92)96-72-77(84)71-95-101(89,90)97-75-78(99-82(87)69-65-61-57-53-49-45-40-35-31-27-23-19-15-11-7-3)73-93-80(85)67-63-59-55-51-47-43-39-34-30-26-22-18-14-10-6-2/h9,13,21,24-25,28,33-34,36-37,39,41-42,44,77-79,84H,5-8,10-12,14-20,22-23,26-27,29-32,35,38,40,43,45-76H2,1-4H3,(H,89,90)(H,91,92)/b13-9-,25-21-,28-24-,37-33-,39-34-,41-36-,44-42-. The van der Waals surface area contributed by atoms with Crippen molar-refractivity contribution in [2.24, 2.45) is 0 Å². The molecular formula is C83H148O17P2. The third-order valence-corrected chi connectivity index (χ3v) is 19.2. The third-order valence-electron chi connectivity index (χ3n) is 17.3. The van der Waals surface area contributed by atoms with E-state index in [1.54, 1.807) is 0 Å². The monoisotopic (exact) mass is 1480 g/mol. The molecule has 0 radical (unpaired) electrons. The molecule has 0 amide bonds. The summed E-state index contributed by atoms with van der Waals surface area (Å²) < 4.78 is 68.7. The van der Waals surface area contributed by atoms with Crippen LogP contribution in [-0.4, -0.2) is 96.7 Å². The lowest BCUT2D eigenvalue weighted by molar-refractivity contribution is -0.161. The Hall–Kier alpha value is -3.76. The van der Waals surface area contributed by atoms with E-state index in [4.69, 9.17) is 37.0 Å². The fraction of sp³-hybridized carbons (Fsp3) is 0.783. The predicted molar refractivity (Wildman–Crippen MR) is 418 cm³/mol. The van der Waals surface area contributed by atoms with Crippen LogP contribution in [0.5, 0.6) is 0 Å². The number of carbonyl (C=O) groups is 4. The maximum atomic E-state index is 13.1. The topological polar surface area (TPSA) is 237 Å². The van der Waals surface area contributed by atoms with Crippen LogP contribution >= 0.6 is 15.6 Å². The molecule has 0 heterocycles. The van der Waals surface area contributed by atoms with Crippen molar-refractivity contribution in [2.45, 2.75) is 380 Å². The highest BCUT2D eigenvalue weighted by atomic mass is 31.2. The molecule has 0 aliphatic heterocycles. The summed E-state index contributed by atoms with van der Waals surface area (Å²) in [7, 11) is -9.96. The summed E-state index contributed by atoms with van der Waals surface area (Å²) in [4.78, 5) is 73.1. The molecule has 0 bridgehead atoms. The lowest BCUT2D eigenvalue weighted by Crippen LogP contribution is -2.30. The molecule has 19 heteroatoms. The van der Waals surface area contributed by atoms with Crippen LogP contribution in [0.25, 0.3) is 0 Å². The van der Waals surface area contributed by atoms with Gasteiger partial charge in [-0.15, -0.1) is 0 Å². The third kappa shape index (κ3) is 74.5. The first-order valence-electron chi connectivity index (χ1n) is 40.8. The van der Waals surface area contributed by atoms with E-state index in [0.29, 0.717) is 25.7 Å². The SMILES string of the molecule is CC/C=C\C/C=C\C/C=C\C/C=C\CCCCCCC(=O)OCC(COP(=O)(O)OCC(O)COP(=O)(O)OCC(COC(=O)CCCCCCC/C=C\CCCCCCCC)OC(=O)CCCCCCCCCCCCCCCCC)OC(=O)CCCCCCC/C=C\C/C=C\CCCCC. The van der Waals surface area contributed by atoms with Crippen molar-refractivity contribution in [1.29, 1.82) is 0 Å². The number of aliphatic hydroxyl groups is 1. The minimum absolute atomic E-state index is 0.0743. The van der Waals surface area contributed by atoms with Gasteiger partial charge in [0.2, 0.25) is 0 Å². The highest BCUT2D eigenvalue weighted by Crippen LogP contribution is 2.45. The van der Waals surface area contributed by atoms with Gasteiger partial charge in [0.25, 0.3) is 0 Å². The Bertz CT molecular complexity index is 2260. The number of esters is 4. The highest BCUT2D eigenvalue weighted by Gasteiger charge is 2.30. The molecule has 0 fully saturated rings. The predicted octanol–water partition coefficient (Wildman–Crippen LogP) is 23.8. The minimum atomic E-state index is -4.98. The molecule has 5 unspecified atom stereocenters. The number of allylic oxidation sites excluding steroid dienone is 14. The number of aliphatic hydroxyl groups excluding tert-OH is 1. The van der Waals surface area contributed by atoms with Gasteiger partial charge in [0.15, 0.2) is 12.2 Å². The van der Waals surface area contributed by atoms with Crippen molar-refractivity contribution in [1.82, 2.24) is 0 Å². The molecule has 0 spiro atoms. The molecule has 102 heavy (non-hydrogen) atoms. The van der Waals surface area contributed by atoms with Crippen molar-refractivity contribution in [3.63, 3.8) is 0 Å². The number of hydrogen-bond acceptors (Lipinski definition) is 15. The Morgan fingerprint density at radius 1 is 0.284 bits per heavy atom. The van der Waals surface area contributed by atoms with Crippen LogP contribution < -0.4 is 0 Å². The molecule has 0 aromatic rings. The van der Waals surface area contributed by atoms with Crippen LogP contribution in [0.2, 0.25) is 0 Å². The average molecular weight is 1480 g/mol.